The van der Waals surface area contributed by atoms with Gasteiger partial charge in [0.25, 0.3) is 5.56 Å². The van der Waals surface area contributed by atoms with E-state index in [2.05, 4.69) is 45.0 Å². The van der Waals surface area contributed by atoms with Gasteiger partial charge in [-0.3, -0.25) is 14.8 Å². The molecule has 2 aromatic carbocycles. The van der Waals surface area contributed by atoms with Crippen molar-refractivity contribution in [2.75, 3.05) is 38.1 Å². The first kappa shape index (κ1) is 21.5. The number of nitrogens with zero attached hydrogens (tertiary/aromatic N) is 3. The Kier molecular flexibility index (Phi) is 6.01. The number of pyridine rings is 1. The number of H-pyrrole nitrogens is 1. The summed E-state index contributed by atoms with van der Waals surface area (Å²) in [6.07, 6.45) is 8.61. The topological polar surface area (TPSA) is 71.9 Å². The molecule has 0 spiro atoms. The van der Waals surface area contributed by atoms with Crippen LogP contribution in [0.15, 0.2) is 57.8 Å². The Morgan fingerprint density at radius 2 is 1.70 bits per heavy atom. The molecule has 1 aliphatic carbocycles. The normalized spacial score (nSPS) is 17.4. The molecule has 0 unspecified atom stereocenters. The largest absolute Gasteiger partial charge is 0.494 e. The average Bonchev–Trinajstić information content (AvgIpc) is 3.33. The molecule has 2 heterocycles. The van der Waals surface area contributed by atoms with Gasteiger partial charge >= 0.3 is 0 Å². The summed E-state index contributed by atoms with van der Waals surface area (Å²) in [4.78, 5) is 24.3. The van der Waals surface area contributed by atoms with Crippen LogP contribution in [0, 0.1) is 0 Å². The van der Waals surface area contributed by atoms with Gasteiger partial charge in [-0.1, -0.05) is 17.7 Å². The zero-order valence-electron chi connectivity index (χ0n) is 19.1. The van der Waals surface area contributed by atoms with Crippen LogP contribution < -0.4 is 10.5 Å². The SMILES string of the molecule is CN1CCN(c2ccc(N=Cc3c(O)[nH]c(=O)c4ccc(C=C5CCCC5)cc34)cc2)CC1. The third-order valence-electron chi connectivity index (χ3n) is 6.74. The lowest BCUT2D eigenvalue weighted by Crippen LogP contribution is -2.44. The standard InChI is InChI=1S/C27H30N4O2/c1-30-12-14-31(15-13-30)22-9-7-21(8-10-22)28-18-25-24-17-20(16-19-4-2-3-5-19)6-11-23(24)26(32)29-27(25)33/h6-11,16-18H,2-5,12-15H2,1H3,(H2,29,32,33). The lowest BCUT2D eigenvalue weighted by Gasteiger charge is -2.34. The highest BCUT2D eigenvalue weighted by molar-refractivity contribution is 6.02. The molecule has 1 aromatic heterocycles. The van der Waals surface area contributed by atoms with Crippen molar-refractivity contribution in [3.63, 3.8) is 0 Å². The predicted octanol–water partition coefficient (Wildman–Crippen LogP) is 4.69. The molecule has 6 nitrogen and oxygen atoms in total. The molecule has 1 saturated heterocycles. The zero-order valence-corrected chi connectivity index (χ0v) is 19.1. The fourth-order valence-electron chi connectivity index (χ4n) is 4.74. The van der Waals surface area contributed by atoms with E-state index in [9.17, 15) is 9.90 Å². The molecular formula is C27H30N4O2. The number of benzene rings is 2. The monoisotopic (exact) mass is 442 g/mol. The molecule has 6 heteroatoms. The summed E-state index contributed by atoms with van der Waals surface area (Å²) in [5.41, 5.74) is 4.73. The number of piperazine rings is 1. The number of rotatable bonds is 4. The third-order valence-corrected chi connectivity index (χ3v) is 6.74. The Morgan fingerprint density at radius 3 is 2.42 bits per heavy atom. The van der Waals surface area contributed by atoms with Crippen LogP contribution in [0.5, 0.6) is 5.88 Å². The van der Waals surface area contributed by atoms with Gasteiger partial charge in [0, 0.05) is 48.9 Å². The van der Waals surface area contributed by atoms with Crippen LogP contribution in [0.2, 0.25) is 0 Å². The Bertz CT molecular complexity index is 1260. The van der Waals surface area contributed by atoms with E-state index in [1.54, 1.807) is 6.21 Å². The van der Waals surface area contributed by atoms with Crippen molar-refractivity contribution in [3.8, 4) is 5.88 Å². The van der Waals surface area contributed by atoms with E-state index in [0.29, 0.717) is 16.3 Å². The fraction of sp³-hybridized carbons (Fsp3) is 0.333. The van der Waals surface area contributed by atoms with Crippen molar-refractivity contribution in [1.29, 1.82) is 0 Å². The Balaban J connectivity index is 1.44. The average molecular weight is 443 g/mol. The summed E-state index contributed by atoms with van der Waals surface area (Å²) in [7, 11) is 2.15. The highest BCUT2D eigenvalue weighted by Gasteiger charge is 2.14. The summed E-state index contributed by atoms with van der Waals surface area (Å²) >= 11 is 0. The van der Waals surface area contributed by atoms with Gasteiger partial charge in [0.15, 0.2) is 0 Å². The minimum absolute atomic E-state index is 0.157. The zero-order chi connectivity index (χ0) is 22.8. The van der Waals surface area contributed by atoms with Crippen molar-refractivity contribution in [1.82, 2.24) is 9.88 Å². The molecule has 0 radical (unpaired) electrons. The first-order valence-corrected chi connectivity index (χ1v) is 11.7. The molecule has 5 rings (SSSR count). The Morgan fingerprint density at radius 1 is 0.970 bits per heavy atom. The molecule has 1 aliphatic heterocycles. The van der Waals surface area contributed by atoms with E-state index in [1.165, 1.54) is 24.1 Å². The molecule has 3 aromatic rings. The highest BCUT2D eigenvalue weighted by Crippen LogP contribution is 2.29. The molecule has 0 amide bonds. The third kappa shape index (κ3) is 4.71. The maximum atomic E-state index is 12.4. The number of hydrogen-bond donors (Lipinski definition) is 2. The number of likely N-dealkylation sites (N-methyl/N-ethyl adjacent to an activating group) is 1. The number of fused-ring (bicyclic) bond motifs is 1. The van der Waals surface area contributed by atoms with E-state index in [1.807, 2.05) is 30.3 Å². The minimum atomic E-state index is -0.295. The minimum Gasteiger partial charge on any atom is -0.494 e. The number of allylic oxidation sites excluding steroid dienone is 1. The predicted molar refractivity (Wildman–Crippen MR) is 136 cm³/mol. The van der Waals surface area contributed by atoms with E-state index in [0.717, 1.165) is 50.3 Å². The summed E-state index contributed by atoms with van der Waals surface area (Å²) in [6.45, 7) is 4.18. The van der Waals surface area contributed by atoms with Crippen molar-refractivity contribution in [3.05, 3.63) is 69.5 Å². The summed E-state index contributed by atoms with van der Waals surface area (Å²) in [5.74, 6) is -0.157. The van der Waals surface area contributed by atoms with Gasteiger partial charge in [0.2, 0.25) is 5.88 Å². The first-order chi connectivity index (χ1) is 16.1. The quantitative estimate of drug-likeness (QED) is 0.575. The van der Waals surface area contributed by atoms with Gasteiger partial charge in [0.05, 0.1) is 11.3 Å². The number of nitrogens with one attached hydrogen (secondary N) is 1. The summed E-state index contributed by atoms with van der Waals surface area (Å²) in [6, 6.07) is 13.9. The van der Waals surface area contributed by atoms with E-state index >= 15 is 0 Å². The lowest BCUT2D eigenvalue weighted by molar-refractivity contribution is 0.313. The van der Waals surface area contributed by atoms with Crippen LogP contribution in [0.1, 0.15) is 36.8 Å². The van der Waals surface area contributed by atoms with Gasteiger partial charge in [-0.15, -0.1) is 0 Å². The summed E-state index contributed by atoms with van der Waals surface area (Å²) in [5, 5.41) is 11.8. The molecule has 2 fully saturated rings. The Labute approximate surface area is 193 Å². The molecular weight excluding hydrogens is 412 g/mol. The van der Waals surface area contributed by atoms with E-state index < -0.39 is 0 Å². The maximum absolute atomic E-state index is 12.4. The molecule has 0 bridgehead atoms. The second-order valence-corrected chi connectivity index (χ2v) is 9.10. The molecule has 33 heavy (non-hydrogen) atoms. The molecule has 0 atom stereocenters. The molecule has 2 aliphatic rings. The first-order valence-electron chi connectivity index (χ1n) is 11.7. The van der Waals surface area contributed by atoms with Crippen LogP contribution in [-0.4, -0.2) is 54.4 Å². The number of aromatic amines is 1. The molecule has 1 saturated carbocycles. The van der Waals surface area contributed by atoms with Gasteiger partial charge < -0.3 is 14.9 Å². The fourth-order valence-corrected chi connectivity index (χ4v) is 4.74. The Hall–Kier alpha value is -3.38. The smallest absolute Gasteiger partial charge is 0.258 e. The number of aromatic hydroxyl groups is 1. The van der Waals surface area contributed by atoms with E-state index in [-0.39, 0.29) is 11.4 Å². The second kappa shape index (κ2) is 9.24. The molecule has 170 valence electrons. The van der Waals surface area contributed by atoms with Crippen molar-refractivity contribution < 1.29 is 5.11 Å². The van der Waals surface area contributed by atoms with Crippen LogP contribution in [-0.2, 0) is 0 Å². The van der Waals surface area contributed by atoms with Crippen LogP contribution in [0.25, 0.3) is 16.8 Å². The second-order valence-electron chi connectivity index (χ2n) is 9.10. The van der Waals surface area contributed by atoms with Gasteiger partial charge in [0.1, 0.15) is 0 Å². The van der Waals surface area contributed by atoms with Crippen LogP contribution in [0.3, 0.4) is 0 Å². The number of aromatic nitrogens is 1. The van der Waals surface area contributed by atoms with Crippen LogP contribution in [0.4, 0.5) is 11.4 Å². The van der Waals surface area contributed by atoms with Crippen molar-refractivity contribution in [2.24, 2.45) is 4.99 Å². The lowest BCUT2D eigenvalue weighted by atomic mass is 10.0. The number of aliphatic imine (C=N–C) groups is 1. The number of hydrogen-bond acceptors (Lipinski definition) is 5. The number of anilines is 1. The van der Waals surface area contributed by atoms with Gasteiger partial charge in [-0.25, -0.2) is 0 Å². The highest BCUT2D eigenvalue weighted by atomic mass is 16.3. The van der Waals surface area contributed by atoms with Crippen LogP contribution >= 0.6 is 0 Å². The molecule has 2 N–H and O–H groups in total. The van der Waals surface area contributed by atoms with Crippen molar-refractivity contribution in [2.45, 2.75) is 25.7 Å². The summed E-state index contributed by atoms with van der Waals surface area (Å²) < 4.78 is 0. The van der Waals surface area contributed by atoms with E-state index in [4.69, 9.17) is 0 Å². The van der Waals surface area contributed by atoms with Gasteiger partial charge in [-0.2, -0.15) is 0 Å². The van der Waals surface area contributed by atoms with Gasteiger partial charge in [-0.05, 0) is 74.7 Å². The maximum Gasteiger partial charge on any atom is 0.258 e. The van der Waals surface area contributed by atoms with Crippen molar-refractivity contribution >= 4 is 34.4 Å².